The molecular formula is C12H14O4. The first-order valence-corrected chi connectivity index (χ1v) is 5.20. The monoisotopic (exact) mass is 222 g/mol. The van der Waals surface area contributed by atoms with E-state index >= 15 is 0 Å². The fourth-order valence-electron chi connectivity index (χ4n) is 2.17. The van der Waals surface area contributed by atoms with Crippen molar-refractivity contribution < 1.29 is 19.4 Å². The number of esters is 1. The molecule has 0 spiro atoms. The van der Waals surface area contributed by atoms with Crippen LogP contribution in [0.4, 0.5) is 0 Å². The van der Waals surface area contributed by atoms with Crippen molar-refractivity contribution in [3.63, 3.8) is 0 Å². The van der Waals surface area contributed by atoms with Gasteiger partial charge >= 0.3 is 5.97 Å². The Morgan fingerprint density at radius 1 is 1.50 bits per heavy atom. The fraction of sp³-hybridized carbons (Fsp3) is 0.417. The van der Waals surface area contributed by atoms with E-state index in [1.807, 2.05) is 13.8 Å². The number of rotatable bonds is 2. The zero-order chi connectivity index (χ0) is 11.9. The number of benzene rings is 1. The quantitative estimate of drug-likeness (QED) is 0.777. The first kappa shape index (κ1) is 10.8. The molecule has 2 rings (SSSR count). The van der Waals surface area contributed by atoms with Gasteiger partial charge in [-0.1, -0.05) is 6.92 Å². The minimum Gasteiger partial charge on any atom is -0.507 e. The Morgan fingerprint density at radius 2 is 2.19 bits per heavy atom. The lowest BCUT2D eigenvalue weighted by molar-refractivity contribution is 0.0533. The summed E-state index contributed by atoms with van der Waals surface area (Å²) < 4.78 is 10.2. The SMILES string of the molecule is CCc1c(O)c2c(c(C)c1OC)COC2=O. The number of hydrogen-bond acceptors (Lipinski definition) is 4. The minimum atomic E-state index is -0.451. The van der Waals surface area contributed by atoms with Gasteiger partial charge in [-0.15, -0.1) is 0 Å². The van der Waals surface area contributed by atoms with Crippen molar-refractivity contribution >= 4 is 5.97 Å². The molecule has 4 nitrogen and oxygen atoms in total. The van der Waals surface area contributed by atoms with Gasteiger partial charge in [-0.3, -0.25) is 0 Å². The summed E-state index contributed by atoms with van der Waals surface area (Å²) in [6.07, 6.45) is 0.608. The summed E-state index contributed by atoms with van der Waals surface area (Å²) in [7, 11) is 1.56. The maximum atomic E-state index is 11.5. The molecule has 16 heavy (non-hydrogen) atoms. The molecule has 4 heteroatoms. The maximum absolute atomic E-state index is 11.5. The third-order valence-electron chi connectivity index (χ3n) is 3.00. The normalized spacial score (nSPS) is 13.6. The lowest BCUT2D eigenvalue weighted by atomic mass is 9.96. The highest BCUT2D eigenvalue weighted by Crippen LogP contribution is 2.41. The molecule has 1 aromatic rings. The highest BCUT2D eigenvalue weighted by Gasteiger charge is 2.31. The summed E-state index contributed by atoms with van der Waals surface area (Å²) in [5, 5.41) is 10.0. The molecular weight excluding hydrogens is 208 g/mol. The number of ether oxygens (including phenoxy) is 2. The smallest absolute Gasteiger partial charge is 0.342 e. The van der Waals surface area contributed by atoms with Crippen LogP contribution in [0.15, 0.2) is 0 Å². The molecule has 1 heterocycles. The van der Waals surface area contributed by atoms with Crippen LogP contribution in [0.3, 0.4) is 0 Å². The Hall–Kier alpha value is -1.71. The van der Waals surface area contributed by atoms with E-state index in [9.17, 15) is 9.90 Å². The molecule has 0 bridgehead atoms. The molecule has 0 aromatic heterocycles. The van der Waals surface area contributed by atoms with Crippen LogP contribution in [0.5, 0.6) is 11.5 Å². The Morgan fingerprint density at radius 3 is 2.75 bits per heavy atom. The largest absolute Gasteiger partial charge is 0.507 e. The Bertz CT molecular complexity index is 463. The molecule has 0 saturated heterocycles. The predicted molar refractivity (Wildman–Crippen MR) is 57.9 cm³/mol. The van der Waals surface area contributed by atoms with Crippen LogP contribution in [-0.4, -0.2) is 18.2 Å². The second-order valence-corrected chi connectivity index (χ2v) is 3.77. The first-order chi connectivity index (χ1) is 7.61. The van der Waals surface area contributed by atoms with Crippen LogP contribution < -0.4 is 4.74 Å². The van der Waals surface area contributed by atoms with Crippen molar-refractivity contribution in [2.45, 2.75) is 26.9 Å². The van der Waals surface area contributed by atoms with Gasteiger partial charge in [0, 0.05) is 11.1 Å². The van der Waals surface area contributed by atoms with Crippen molar-refractivity contribution in [3.05, 3.63) is 22.3 Å². The van der Waals surface area contributed by atoms with Crippen LogP contribution in [-0.2, 0) is 17.8 Å². The predicted octanol–water partition coefficient (Wildman–Crippen LogP) is 1.94. The fourth-order valence-corrected chi connectivity index (χ4v) is 2.17. The van der Waals surface area contributed by atoms with Crippen LogP contribution in [0.1, 0.15) is 34.0 Å². The Kier molecular flexibility index (Phi) is 2.50. The van der Waals surface area contributed by atoms with E-state index in [4.69, 9.17) is 9.47 Å². The lowest BCUT2D eigenvalue weighted by Crippen LogP contribution is -2.02. The van der Waals surface area contributed by atoms with E-state index in [0.29, 0.717) is 23.3 Å². The summed E-state index contributed by atoms with van der Waals surface area (Å²) in [6.45, 7) is 4.00. The van der Waals surface area contributed by atoms with Gasteiger partial charge in [-0.25, -0.2) is 4.79 Å². The van der Waals surface area contributed by atoms with Crippen LogP contribution >= 0.6 is 0 Å². The van der Waals surface area contributed by atoms with E-state index in [1.165, 1.54) is 0 Å². The molecule has 0 radical (unpaired) electrons. The summed E-state index contributed by atoms with van der Waals surface area (Å²) in [4.78, 5) is 11.5. The summed E-state index contributed by atoms with van der Waals surface area (Å²) in [5.41, 5.74) is 2.57. The number of fused-ring (bicyclic) bond motifs is 1. The van der Waals surface area contributed by atoms with Crippen molar-refractivity contribution in [1.29, 1.82) is 0 Å². The Labute approximate surface area is 93.8 Å². The minimum absolute atomic E-state index is 0.00227. The van der Waals surface area contributed by atoms with Gasteiger partial charge in [0.05, 0.1) is 7.11 Å². The van der Waals surface area contributed by atoms with Crippen LogP contribution in [0, 0.1) is 6.92 Å². The van der Waals surface area contributed by atoms with Crippen LogP contribution in [0.2, 0.25) is 0 Å². The summed E-state index contributed by atoms with van der Waals surface area (Å²) in [5.74, 6) is 0.201. The van der Waals surface area contributed by atoms with Gasteiger partial charge in [0.25, 0.3) is 0 Å². The van der Waals surface area contributed by atoms with Crippen molar-refractivity contribution in [2.75, 3.05) is 7.11 Å². The number of carbonyl (C=O) groups excluding carboxylic acids is 1. The number of carbonyl (C=O) groups is 1. The number of methoxy groups -OCH3 is 1. The average Bonchev–Trinajstić information content (AvgIpc) is 2.65. The van der Waals surface area contributed by atoms with E-state index < -0.39 is 5.97 Å². The van der Waals surface area contributed by atoms with Gasteiger partial charge in [0.15, 0.2) is 0 Å². The second kappa shape index (κ2) is 3.70. The maximum Gasteiger partial charge on any atom is 0.342 e. The Balaban J connectivity index is 2.79. The van der Waals surface area contributed by atoms with Gasteiger partial charge in [-0.05, 0) is 18.9 Å². The number of phenols is 1. The third-order valence-corrected chi connectivity index (χ3v) is 3.00. The zero-order valence-electron chi connectivity index (χ0n) is 9.59. The van der Waals surface area contributed by atoms with Crippen LogP contribution in [0.25, 0.3) is 0 Å². The standard InChI is InChI=1S/C12H14O4/c1-4-7-10(13)9-8(5-16-12(9)14)6(2)11(7)15-3/h13H,4-5H2,1-3H3. The van der Waals surface area contributed by atoms with Gasteiger partial charge in [-0.2, -0.15) is 0 Å². The molecule has 0 amide bonds. The number of cyclic esters (lactones) is 1. The van der Waals surface area contributed by atoms with E-state index in [0.717, 1.165) is 11.1 Å². The first-order valence-electron chi connectivity index (χ1n) is 5.20. The van der Waals surface area contributed by atoms with E-state index in [1.54, 1.807) is 7.11 Å². The number of phenolic OH excluding ortho intramolecular Hbond substituents is 1. The molecule has 86 valence electrons. The van der Waals surface area contributed by atoms with Crippen molar-refractivity contribution in [1.82, 2.24) is 0 Å². The molecule has 1 aliphatic rings. The van der Waals surface area contributed by atoms with Gasteiger partial charge < -0.3 is 14.6 Å². The summed E-state index contributed by atoms with van der Waals surface area (Å²) in [6, 6.07) is 0. The van der Waals surface area contributed by atoms with Gasteiger partial charge in [0.2, 0.25) is 0 Å². The average molecular weight is 222 g/mol. The summed E-state index contributed by atoms with van der Waals surface area (Å²) >= 11 is 0. The molecule has 0 unspecified atom stereocenters. The number of aromatic hydroxyl groups is 1. The lowest BCUT2D eigenvalue weighted by Gasteiger charge is -2.15. The molecule has 0 atom stereocenters. The second-order valence-electron chi connectivity index (χ2n) is 3.77. The molecule has 1 N–H and O–H groups in total. The highest BCUT2D eigenvalue weighted by atomic mass is 16.5. The molecule has 1 aliphatic heterocycles. The molecule has 0 aliphatic carbocycles. The van der Waals surface area contributed by atoms with E-state index in [-0.39, 0.29) is 12.4 Å². The molecule has 1 aromatic carbocycles. The van der Waals surface area contributed by atoms with E-state index in [2.05, 4.69) is 0 Å². The van der Waals surface area contributed by atoms with Crippen molar-refractivity contribution in [3.8, 4) is 11.5 Å². The zero-order valence-corrected chi connectivity index (χ0v) is 9.59. The third kappa shape index (κ3) is 1.26. The topological polar surface area (TPSA) is 55.8 Å². The molecule has 0 fully saturated rings. The number of hydrogen-bond donors (Lipinski definition) is 1. The van der Waals surface area contributed by atoms with Crippen molar-refractivity contribution in [2.24, 2.45) is 0 Å². The van der Waals surface area contributed by atoms with Gasteiger partial charge in [0.1, 0.15) is 23.7 Å². The molecule has 0 saturated carbocycles. The highest BCUT2D eigenvalue weighted by molar-refractivity contribution is 5.98.